The van der Waals surface area contributed by atoms with Gasteiger partial charge >= 0.3 is 11.7 Å². The van der Waals surface area contributed by atoms with Crippen molar-refractivity contribution in [3.8, 4) is 67.5 Å². The van der Waals surface area contributed by atoms with Crippen LogP contribution in [0.5, 0.6) is 5.75 Å². The second kappa shape index (κ2) is 13.4. The maximum Gasteiger partial charge on any atom is 0.499 e. The van der Waals surface area contributed by atoms with Crippen molar-refractivity contribution in [3.63, 3.8) is 0 Å². The molecule has 0 aliphatic carbocycles. The Hall–Kier alpha value is -6.26. The Morgan fingerprint density at radius 2 is 1.30 bits per heavy atom. The zero-order valence-corrected chi connectivity index (χ0v) is 38.6. The van der Waals surface area contributed by atoms with Crippen LogP contribution >= 0.6 is 0 Å². The lowest BCUT2D eigenvalue weighted by molar-refractivity contribution is -0.997. The van der Waals surface area contributed by atoms with Crippen molar-refractivity contribution in [1.82, 2.24) is 4.57 Å². The molecule has 0 bridgehead atoms. The van der Waals surface area contributed by atoms with Gasteiger partial charge in [-0.05, 0) is 135 Å². The highest BCUT2D eigenvalue weighted by Crippen LogP contribution is 2.55. The summed E-state index contributed by atoms with van der Waals surface area (Å²) in [5.41, 5.74) is 16.3. The van der Waals surface area contributed by atoms with Crippen molar-refractivity contribution in [1.29, 1.82) is 0 Å². The molecule has 1 unspecified atom stereocenters. The molecule has 0 saturated heterocycles. The third-order valence-electron chi connectivity index (χ3n) is 13.5. The number of aromatic nitrogens is 3. The minimum atomic E-state index is -1.24. The van der Waals surface area contributed by atoms with Gasteiger partial charge in [0, 0.05) is 26.0 Å². The van der Waals surface area contributed by atoms with E-state index >= 15 is 0 Å². The predicted molar refractivity (Wildman–Crippen MR) is 259 cm³/mol. The lowest BCUT2D eigenvalue weighted by Gasteiger charge is -2.33. The number of nitrogens with zero attached hydrogens (tertiary/aromatic N) is 3. The van der Waals surface area contributed by atoms with Gasteiger partial charge in [-0.3, -0.25) is 0 Å². The predicted octanol–water partition coefficient (Wildman–Crippen LogP) is 14.2. The number of hydrogen-bond acceptors (Lipinski definition) is 1. The van der Waals surface area contributed by atoms with Gasteiger partial charge in [-0.25, -0.2) is 0 Å². The van der Waals surface area contributed by atoms with E-state index in [1.807, 2.05) is 85.0 Å². The van der Waals surface area contributed by atoms with E-state index in [4.69, 9.17) is 10.2 Å². The van der Waals surface area contributed by atoms with Crippen molar-refractivity contribution in [2.24, 2.45) is 0 Å². The van der Waals surface area contributed by atoms with Crippen LogP contribution in [-0.2, 0) is 16.7 Å². The number of hydrogen-bond donors (Lipinski definition) is 0. The number of imidazole rings is 1. The van der Waals surface area contributed by atoms with Crippen LogP contribution in [0.15, 0.2) is 127 Å². The molecule has 0 amide bonds. The fourth-order valence-corrected chi connectivity index (χ4v) is 10.4. The number of para-hydroxylation sites is 1. The topological polar surface area (TPSA) is 21.9 Å². The molecule has 0 N–H and O–H groups in total. The van der Waals surface area contributed by atoms with Gasteiger partial charge in [-0.1, -0.05) is 136 Å². The van der Waals surface area contributed by atoms with Crippen LogP contribution in [0.3, 0.4) is 0 Å². The lowest BCUT2D eigenvalue weighted by atomic mass is 9.80. The molecule has 2 aromatic heterocycles. The number of aryl methyl sites for hydroxylation is 2. The minimum absolute atomic E-state index is 0.0192. The van der Waals surface area contributed by atoms with E-state index in [0.29, 0.717) is 11.1 Å². The van der Waals surface area contributed by atoms with Crippen LogP contribution < -0.4 is 13.9 Å². The standard InChI is InChI=1S/C59H59N3O/c1-34(2)44-15-13-16-45(35(3)4)52(44)39-21-25-43(26-22-39)61-50-18-14-17-46-47-32-42(58(10,11)12)33-48-51-31-40(38-19-23-41(24-20-38)57(7,8)9)27-28-60(51)59(53(47)48)62(54(46)50)56(61)49-30-36(5)29-37(6)55(49)63-59/h13-35H,1-12H3/q+2/i19D,20D,23D,24D,34D,35D. The average molecular weight is 832 g/mol. The number of fused-ring (bicyclic) bond motifs is 5. The van der Waals surface area contributed by atoms with E-state index < -0.39 is 23.1 Å². The van der Waals surface area contributed by atoms with Crippen molar-refractivity contribution in [2.75, 3.05) is 0 Å². The summed E-state index contributed by atoms with van der Waals surface area (Å²) >= 11 is 0. The van der Waals surface area contributed by atoms with E-state index in [2.05, 4.69) is 115 Å². The van der Waals surface area contributed by atoms with Gasteiger partial charge in [0.15, 0.2) is 23.0 Å². The normalized spacial score (nSPS) is 17.5. The Morgan fingerprint density at radius 1 is 0.651 bits per heavy atom. The Labute approximate surface area is 381 Å². The first-order valence-electron chi connectivity index (χ1n) is 25.3. The summed E-state index contributed by atoms with van der Waals surface area (Å²) in [6.45, 7) is 24.4. The van der Waals surface area contributed by atoms with Gasteiger partial charge in [0.2, 0.25) is 5.69 Å². The number of rotatable bonds is 5. The molecular formula is C59H59N3O+2. The summed E-state index contributed by atoms with van der Waals surface area (Å²) < 4.78 is 70.0. The molecule has 5 heterocycles. The molecule has 4 nitrogen and oxygen atoms in total. The molecule has 0 radical (unpaired) electrons. The highest BCUT2D eigenvalue weighted by Gasteiger charge is 2.68. The van der Waals surface area contributed by atoms with Crippen molar-refractivity contribution in [3.05, 3.63) is 166 Å². The van der Waals surface area contributed by atoms with Gasteiger partial charge in [0.1, 0.15) is 16.8 Å². The Balaban J connectivity index is 1.24. The highest BCUT2D eigenvalue weighted by atomic mass is 16.5. The number of benzene rings is 6. The summed E-state index contributed by atoms with van der Waals surface area (Å²) in [5, 5.41) is 0. The molecule has 1 spiro atoms. The van der Waals surface area contributed by atoms with Gasteiger partial charge in [-0.2, -0.15) is 4.57 Å². The first kappa shape index (κ1) is 33.3. The van der Waals surface area contributed by atoms with Gasteiger partial charge in [-0.15, -0.1) is 9.13 Å². The summed E-state index contributed by atoms with van der Waals surface area (Å²) in [4.78, 5) is 0. The molecule has 8 aromatic rings. The molecule has 63 heavy (non-hydrogen) atoms. The largest absolute Gasteiger partial charge is 0.499 e. The van der Waals surface area contributed by atoms with Crippen LogP contribution in [0.2, 0.25) is 0 Å². The Bertz CT molecular complexity index is 3520. The smallest absolute Gasteiger partial charge is 0.392 e. The van der Waals surface area contributed by atoms with Crippen molar-refractivity contribution in [2.45, 2.75) is 112 Å². The van der Waals surface area contributed by atoms with E-state index in [1.54, 1.807) is 0 Å². The van der Waals surface area contributed by atoms with Crippen LogP contribution in [0.25, 0.3) is 72.7 Å². The van der Waals surface area contributed by atoms with Crippen LogP contribution in [-0.4, -0.2) is 4.57 Å². The zero-order valence-electron chi connectivity index (χ0n) is 44.6. The third kappa shape index (κ3) is 5.59. The lowest BCUT2D eigenvalue weighted by Crippen LogP contribution is -2.78. The molecule has 314 valence electrons. The molecule has 3 aliphatic heterocycles. The van der Waals surface area contributed by atoms with E-state index in [1.165, 1.54) is 0 Å². The SMILES string of the molecule is [2H]c1c([2H])c(C(C)(C)C)c([2H])c([2H])c1-c1cc[n+]2c(c1)-c1cc(C(C)(C)C)cc3c1C21Oc2c(C)cc(C)cc2-c2n(-c4ccc(-c5c(C([2H])(C)C)cccc5C([2H])(C)C)cc4)c4cccc-3c4[n+]21. The van der Waals surface area contributed by atoms with Gasteiger partial charge in [0.05, 0.1) is 11.0 Å². The van der Waals surface area contributed by atoms with Crippen LogP contribution in [0.1, 0.15) is 128 Å². The van der Waals surface area contributed by atoms with E-state index in [-0.39, 0.29) is 35.1 Å². The average Bonchev–Trinajstić information content (AvgIpc) is 3.76. The minimum Gasteiger partial charge on any atom is -0.392 e. The second-order valence-corrected chi connectivity index (χ2v) is 20.5. The summed E-state index contributed by atoms with van der Waals surface area (Å²) in [7, 11) is 0. The molecular weight excluding hydrogens is 767 g/mol. The van der Waals surface area contributed by atoms with Crippen LogP contribution in [0.4, 0.5) is 0 Å². The summed E-state index contributed by atoms with van der Waals surface area (Å²) in [6.07, 6.45) is 2.02. The summed E-state index contributed by atoms with van der Waals surface area (Å²) in [5.74, 6) is -1.30. The first-order valence-corrected chi connectivity index (χ1v) is 22.3. The Kier molecular flexibility index (Phi) is 7.07. The van der Waals surface area contributed by atoms with Crippen molar-refractivity contribution >= 4 is 11.0 Å². The summed E-state index contributed by atoms with van der Waals surface area (Å²) in [6, 6.07) is 34.0. The Morgan fingerprint density at radius 3 is 1.95 bits per heavy atom. The molecule has 0 fully saturated rings. The first-order chi connectivity index (χ1) is 32.2. The molecule has 1 atom stereocenters. The molecule has 4 heteroatoms. The maximum atomic E-state index is 9.34. The number of ether oxygens (including phenoxy) is 1. The molecule has 6 aromatic carbocycles. The zero-order chi connectivity index (χ0) is 49.4. The number of pyridine rings is 1. The maximum absolute atomic E-state index is 9.34. The second-order valence-electron chi connectivity index (χ2n) is 20.5. The van der Waals surface area contributed by atoms with Gasteiger partial charge in [0.25, 0.3) is 0 Å². The fraction of sp³-hybridized carbons (Fsp3) is 0.288. The fourth-order valence-electron chi connectivity index (χ4n) is 10.4. The van der Waals surface area contributed by atoms with Crippen LogP contribution in [0, 0.1) is 13.8 Å². The molecule has 11 rings (SSSR count). The van der Waals surface area contributed by atoms with Gasteiger partial charge < -0.3 is 4.74 Å². The molecule has 0 saturated carbocycles. The monoisotopic (exact) mass is 832 g/mol. The quantitative estimate of drug-likeness (QED) is 0.158. The van der Waals surface area contributed by atoms with Crippen molar-refractivity contribution < 1.29 is 22.1 Å². The van der Waals surface area contributed by atoms with E-state index in [0.717, 1.165) is 101 Å². The van der Waals surface area contributed by atoms with E-state index in [9.17, 15) is 2.74 Å². The third-order valence-corrected chi connectivity index (χ3v) is 13.5. The molecule has 3 aliphatic rings. The highest BCUT2D eigenvalue weighted by molar-refractivity contribution is 5.98.